The zero-order valence-electron chi connectivity index (χ0n) is 12.5. The van der Waals surface area contributed by atoms with Gasteiger partial charge in [-0.15, -0.1) is 0 Å². The molecular formula is C16H19NO4. The molecule has 3 heterocycles. The maximum absolute atomic E-state index is 12.5. The maximum atomic E-state index is 12.5. The minimum absolute atomic E-state index is 0.106. The zero-order chi connectivity index (χ0) is 14.8. The van der Waals surface area contributed by atoms with Gasteiger partial charge in [0.15, 0.2) is 11.5 Å². The molecule has 1 fully saturated rings. The third-order valence-electron chi connectivity index (χ3n) is 4.29. The number of carbonyl (C=O) groups is 1. The molecule has 0 N–H and O–H groups in total. The Kier molecular flexibility index (Phi) is 2.47. The second kappa shape index (κ2) is 4.06. The highest BCUT2D eigenvalue weighted by Crippen LogP contribution is 2.56. The molecule has 5 heteroatoms. The van der Waals surface area contributed by atoms with Crippen LogP contribution in [0.25, 0.3) is 0 Å². The SMILES string of the molecule is CC(C)(C)OC(=O)N1C2CCC1c1cc3c(cc12)OCO3. The fraction of sp³-hybridized carbons (Fsp3) is 0.562. The molecular weight excluding hydrogens is 270 g/mol. The summed E-state index contributed by atoms with van der Waals surface area (Å²) >= 11 is 0. The predicted molar refractivity (Wildman–Crippen MR) is 75.4 cm³/mol. The van der Waals surface area contributed by atoms with Crippen LogP contribution in [0.1, 0.15) is 56.8 Å². The molecule has 5 nitrogen and oxygen atoms in total. The first-order valence-corrected chi connectivity index (χ1v) is 7.39. The lowest BCUT2D eigenvalue weighted by Gasteiger charge is -2.27. The third kappa shape index (κ3) is 1.87. The van der Waals surface area contributed by atoms with Crippen LogP contribution in [0.2, 0.25) is 0 Å². The maximum Gasteiger partial charge on any atom is 0.411 e. The number of ether oxygens (including phenoxy) is 3. The van der Waals surface area contributed by atoms with E-state index in [1.807, 2.05) is 37.8 Å². The van der Waals surface area contributed by atoms with Gasteiger partial charge in [0.25, 0.3) is 0 Å². The van der Waals surface area contributed by atoms with Gasteiger partial charge >= 0.3 is 6.09 Å². The van der Waals surface area contributed by atoms with Crippen molar-refractivity contribution in [2.45, 2.75) is 51.3 Å². The van der Waals surface area contributed by atoms with Crippen LogP contribution in [0.3, 0.4) is 0 Å². The standard InChI is InChI=1S/C16H19NO4/c1-16(2,3)21-15(18)17-11-4-5-12(17)10-7-14-13(6-9(10)11)19-8-20-14/h6-7,11-12H,4-5,8H2,1-3H3. The summed E-state index contributed by atoms with van der Waals surface area (Å²) < 4.78 is 16.5. The van der Waals surface area contributed by atoms with Crippen LogP contribution in [0, 0.1) is 0 Å². The van der Waals surface area contributed by atoms with Gasteiger partial charge < -0.3 is 14.2 Å². The zero-order valence-corrected chi connectivity index (χ0v) is 12.5. The molecule has 0 saturated carbocycles. The summed E-state index contributed by atoms with van der Waals surface area (Å²) in [7, 11) is 0. The molecule has 0 spiro atoms. The Labute approximate surface area is 123 Å². The Morgan fingerprint density at radius 2 is 1.67 bits per heavy atom. The predicted octanol–water partition coefficient (Wildman–Crippen LogP) is 3.54. The molecule has 1 amide bonds. The molecule has 4 rings (SSSR count). The van der Waals surface area contributed by atoms with Gasteiger partial charge in [0, 0.05) is 0 Å². The number of hydrogen-bond donors (Lipinski definition) is 0. The monoisotopic (exact) mass is 289 g/mol. The number of amides is 1. The third-order valence-corrected chi connectivity index (χ3v) is 4.29. The fourth-order valence-electron chi connectivity index (χ4n) is 3.54. The van der Waals surface area contributed by atoms with Gasteiger partial charge in [-0.1, -0.05) is 0 Å². The van der Waals surface area contributed by atoms with Crippen molar-refractivity contribution >= 4 is 6.09 Å². The van der Waals surface area contributed by atoms with Crippen LogP contribution in [0.5, 0.6) is 11.5 Å². The minimum Gasteiger partial charge on any atom is -0.454 e. The van der Waals surface area contributed by atoms with Crippen molar-refractivity contribution in [3.05, 3.63) is 23.3 Å². The lowest BCUT2D eigenvalue weighted by molar-refractivity contribution is 0.0177. The Morgan fingerprint density at radius 1 is 1.14 bits per heavy atom. The van der Waals surface area contributed by atoms with E-state index in [2.05, 4.69) is 0 Å². The molecule has 2 atom stereocenters. The average molecular weight is 289 g/mol. The lowest BCUT2D eigenvalue weighted by atomic mass is 9.91. The van der Waals surface area contributed by atoms with Crippen LogP contribution in [0.15, 0.2) is 12.1 Å². The van der Waals surface area contributed by atoms with E-state index in [1.165, 1.54) is 11.1 Å². The highest BCUT2D eigenvalue weighted by atomic mass is 16.7. The largest absolute Gasteiger partial charge is 0.454 e. The van der Waals surface area contributed by atoms with E-state index in [4.69, 9.17) is 14.2 Å². The van der Waals surface area contributed by atoms with Crippen LogP contribution >= 0.6 is 0 Å². The molecule has 2 unspecified atom stereocenters. The van der Waals surface area contributed by atoms with Crippen molar-refractivity contribution in [1.82, 2.24) is 4.90 Å². The molecule has 0 aromatic heterocycles. The number of hydrogen-bond acceptors (Lipinski definition) is 4. The van der Waals surface area contributed by atoms with Crippen molar-refractivity contribution in [3.8, 4) is 11.5 Å². The van der Waals surface area contributed by atoms with Gasteiger partial charge in [-0.3, -0.25) is 4.90 Å². The van der Waals surface area contributed by atoms with Crippen LogP contribution in [-0.4, -0.2) is 23.4 Å². The Balaban J connectivity index is 1.68. The molecule has 1 aromatic rings. The van der Waals surface area contributed by atoms with Crippen LogP contribution in [-0.2, 0) is 4.74 Å². The van der Waals surface area contributed by atoms with E-state index in [0.717, 1.165) is 24.3 Å². The summed E-state index contributed by atoms with van der Waals surface area (Å²) in [5, 5.41) is 0. The second-order valence-corrected chi connectivity index (χ2v) is 6.83. The molecule has 3 aliphatic heterocycles. The van der Waals surface area contributed by atoms with E-state index < -0.39 is 5.60 Å². The number of nitrogens with zero attached hydrogens (tertiary/aromatic N) is 1. The van der Waals surface area contributed by atoms with Crippen molar-refractivity contribution in [3.63, 3.8) is 0 Å². The van der Waals surface area contributed by atoms with Gasteiger partial charge in [-0.2, -0.15) is 0 Å². The summed E-state index contributed by atoms with van der Waals surface area (Å²) in [6.45, 7) is 5.97. The smallest absolute Gasteiger partial charge is 0.411 e. The number of rotatable bonds is 0. The van der Waals surface area contributed by atoms with Gasteiger partial charge in [0.1, 0.15) is 5.60 Å². The number of benzene rings is 1. The minimum atomic E-state index is -0.473. The Bertz CT molecular complexity index is 580. The van der Waals surface area contributed by atoms with E-state index in [-0.39, 0.29) is 25.0 Å². The average Bonchev–Trinajstić information content (AvgIpc) is 3.07. The molecule has 0 radical (unpaired) electrons. The normalized spacial score (nSPS) is 25.2. The van der Waals surface area contributed by atoms with Crippen molar-refractivity contribution < 1.29 is 19.0 Å². The molecule has 1 saturated heterocycles. The molecule has 112 valence electrons. The lowest BCUT2D eigenvalue weighted by Crippen LogP contribution is -2.34. The van der Waals surface area contributed by atoms with E-state index in [0.29, 0.717) is 0 Å². The second-order valence-electron chi connectivity index (χ2n) is 6.83. The van der Waals surface area contributed by atoms with E-state index >= 15 is 0 Å². The fourth-order valence-corrected chi connectivity index (χ4v) is 3.54. The van der Waals surface area contributed by atoms with Crippen molar-refractivity contribution in [2.24, 2.45) is 0 Å². The topological polar surface area (TPSA) is 48.0 Å². The molecule has 0 aliphatic carbocycles. The van der Waals surface area contributed by atoms with Gasteiger partial charge in [-0.25, -0.2) is 4.79 Å². The van der Waals surface area contributed by atoms with Crippen molar-refractivity contribution in [2.75, 3.05) is 6.79 Å². The first kappa shape index (κ1) is 12.8. The first-order valence-electron chi connectivity index (χ1n) is 7.39. The Morgan fingerprint density at radius 3 is 2.14 bits per heavy atom. The van der Waals surface area contributed by atoms with Crippen molar-refractivity contribution in [1.29, 1.82) is 0 Å². The summed E-state index contributed by atoms with van der Waals surface area (Å²) in [5.74, 6) is 1.57. The molecule has 21 heavy (non-hydrogen) atoms. The Hall–Kier alpha value is -1.91. The summed E-state index contributed by atoms with van der Waals surface area (Å²) in [5.41, 5.74) is 1.89. The van der Waals surface area contributed by atoms with E-state index in [1.54, 1.807) is 0 Å². The molecule has 2 bridgehead atoms. The van der Waals surface area contributed by atoms with Crippen LogP contribution in [0.4, 0.5) is 4.79 Å². The van der Waals surface area contributed by atoms with Crippen LogP contribution < -0.4 is 9.47 Å². The van der Waals surface area contributed by atoms with Gasteiger partial charge in [-0.05, 0) is 56.9 Å². The summed E-state index contributed by atoms with van der Waals surface area (Å²) in [4.78, 5) is 14.4. The number of fused-ring (bicyclic) bond motifs is 6. The highest BCUT2D eigenvalue weighted by molar-refractivity contribution is 5.72. The molecule has 3 aliphatic rings. The number of carbonyl (C=O) groups excluding carboxylic acids is 1. The quantitative estimate of drug-likeness (QED) is 0.733. The van der Waals surface area contributed by atoms with Gasteiger partial charge in [0.2, 0.25) is 6.79 Å². The molecule has 1 aromatic carbocycles. The highest BCUT2D eigenvalue weighted by Gasteiger charge is 2.48. The summed E-state index contributed by atoms with van der Waals surface area (Å²) in [6.07, 6.45) is 1.74. The van der Waals surface area contributed by atoms with Gasteiger partial charge in [0.05, 0.1) is 12.1 Å². The first-order chi connectivity index (χ1) is 9.94. The van der Waals surface area contributed by atoms with E-state index in [9.17, 15) is 4.79 Å². The summed E-state index contributed by atoms with van der Waals surface area (Å²) in [6, 6.07) is 4.27.